The molecule has 3 aromatic heterocycles. The molecule has 10 heteroatoms. The smallest absolute Gasteiger partial charge is 0.262 e. The number of benzene rings is 1. The van der Waals surface area contributed by atoms with Gasteiger partial charge in [0.2, 0.25) is 11.9 Å². The zero-order chi connectivity index (χ0) is 23.5. The Morgan fingerprint density at radius 2 is 1.91 bits per heavy atom. The van der Waals surface area contributed by atoms with Crippen molar-refractivity contribution in [3.63, 3.8) is 0 Å². The van der Waals surface area contributed by atoms with Gasteiger partial charge in [0.25, 0.3) is 5.56 Å². The third-order valence-corrected chi connectivity index (χ3v) is 7.45. The van der Waals surface area contributed by atoms with Gasteiger partial charge in [-0.25, -0.2) is 4.98 Å². The van der Waals surface area contributed by atoms with Gasteiger partial charge in [-0.05, 0) is 31.4 Å². The van der Waals surface area contributed by atoms with Crippen LogP contribution >= 0.6 is 23.1 Å². The highest BCUT2D eigenvalue weighted by atomic mass is 32.2. The number of nitrogens with zero attached hydrogens (tertiary/aromatic N) is 6. The number of hydrogen-bond donors (Lipinski definition) is 1. The molecule has 0 radical (unpaired) electrons. The highest BCUT2D eigenvalue weighted by molar-refractivity contribution is 7.99. The van der Waals surface area contributed by atoms with Crippen LogP contribution in [0.1, 0.15) is 35.4 Å². The summed E-state index contributed by atoms with van der Waals surface area (Å²) < 4.78 is 1.78. The van der Waals surface area contributed by atoms with E-state index in [0.717, 1.165) is 22.5 Å². The van der Waals surface area contributed by atoms with Gasteiger partial charge in [0.15, 0.2) is 5.16 Å². The number of anilines is 2. The van der Waals surface area contributed by atoms with Crippen LogP contribution in [-0.2, 0) is 19.4 Å². The second-order valence-electron chi connectivity index (χ2n) is 7.88. The quantitative estimate of drug-likeness (QED) is 0.298. The summed E-state index contributed by atoms with van der Waals surface area (Å²) in [4.78, 5) is 35.1. The van der Waals surface area contributed by atoms with Crippen molar-refractivity contribution in [2.24, 2.45) is 0 Å². The van der Waals surface area contributed by atoms with Crippen molar-refractivity contribution in [3.8, 4) is 0 Å². The summed E-state index contributed by atoms with van der Waals surface area (Å²) in [6.07, 6.45) is 1.62. The molecule has 8 nitrogen and oxygen atoms in total. The lowest BCUT2D eigenvalue weighted by Crippen LogP contribution is -2.24. The number of rotatable bonds is 8. The molecule has 172 valence electrons. The third-order valence-electron chi connectivity index (χ3n) is 5.19. The van der Waals surface area contributed by atoms with Crippen LogP contribution in [0.15, 0.2) is 46.3 Å². The van der Waals surface area contributed by atoms with E-state index in [2.05, 4.69) is 34.0 Å². The van der Waals surface area contributed by atoms with E-state index in [-0.39, 0.29) is 16.8 Å². The fourth-order valence-electron chi connectivity index (χ4n) is 3.38. The number of thiophene rings is 1. The van der Waals surface area contributed by atoms with Crippen molar-refractivity contribution < 1.29 is 0 Å². The Labute approximate surface area is 200 Å². The summed E-state index contributed by atoms with van der Waals surface area (Å²) in [6.45, 7) is 4.62. The molecule has 4 rings (SSSR count). The first-order chi connectivity index (χ1) is 15.9. The lowest BCUT2D eigenvalue weighted by molar-refractivity contribution is 0.595. The first-order valence-electron chi connectivity index (χ1n) is 10.8. The van der Waals surface area contributed by atoms with Gasteiger partial charge < -0.3 is 10.6 Å². The van der Waals surface area contributed by atoms with Crippen molar-refractivity contribution in [2.45, 2.75) is 43.6 Å². The van der Waals surface area contributed by atoms with E-state index in [0.29, 0.717) is 28.9 Å². The van der Waals surface area contributed by atoms with Crippen molar-refractivity contribution >= 4 is 45.2 Å². The van der Waals surface area contributed by atoms with Crippen LogP contribution in [0.3, 0.4) is 0 Å². The van der Waals surface area contributed by atoms with Crippen LogP contribution in [-0.4, -0.2) is 38.6 Å². The number of hydrogen-bond acceptors (Lipinski definition) is 9. The van der Waals surface area contributed by atoms with Gasteiger partial charge in [-0.15, -0.1) is 11.3 Å². The van der Waals surface area contributed by atoms with Crippen LogP contribution in [0, 0.1) is 0 Å². The molecule has 1 atom stereocenters. The topological polar surface area (TPSA) is 103 Å². The number of aromatic nitrogens is 5. The van der Waals surface area contributed by atoms with E-state index in [1.165, 1.54) is 17.3 Å². The zero-order valence-corrected chi connectivity index (χ0v) is 20.8. The van der Waals surface area contributed by atoms with Crippen molar-refractivity contribution in [3.05, 3.63) is 63.0 Å². The van der Waals surface area contributed by atoms with Gasteiger partial charge in [-0.3, -0.25) is 9.36 Å². The minimum absolute atomic E-state index is 0.00859. The van der Waals surface area contributed by atoms with E-state index >= 15 is 0 Å². The predicted molar refractivity (Wildman–Crippen MR) is 136 cm³/mol. The summed E-state index contributed by atoms with van der Waals surface area (Å²) in [5.41, 5.74) is 7.09. The SMILES string of the molecule is CCc1cc2c(=O)n(CCc3ccccc3)c(SC(C)c3nc(N)nc(N(C)C)n3)nc2s1. The maximum absolute atomic E-state index is 13.5. The fourth-order valence-corrected chi connectivity index (χ4v) is 5.37. The van der Waals surface area contributed by atoms with Crippen molar-refractivity contribution in [1.82, 2.24) is 24.5 Å². The Hall–Kier alpha value is -2.98. The molecule has 0 aliphatic carbocycles. The largest absolute Gasteiger partial charge is 0.368 e. The Morgan fingerprint density at radius 1 is 1.15 bits per heavy atom. The van der Waals surface area contributed by atoms with E-state index in [9.17, 15) is 4.79 Å². The van der Waals surface area contributed by atoms with Crippen LogP contribution < -0.4 is 16.2 Å². The molecule has 1 aromatic carbocycles. The molecular formula is C23H27N7OS2. The van der Waals surface area contributed by atoms with Crippen LogP contribution in [0.2, 0.25) is 0 Å². The molecule has 0 aliphatic heterocycles. The zero-order valence-electron chi connectivity index (χ0n) is 19.1. The van der Waals surface area contributed by atoms with Gasteiger partial charge >= 0.3 is 0 Å². The Balaban J connectivity index is 1.72. The molecule has 0 bridgehead atoms. The van der Waals surface area contributed by atoms with E-state index in [4.69, 9.17) is 10.7 Å². The van der Waals surface area contributed by atoms with Crippen molar-refractivity contribution in [2.75, 3.05) is 24.7 Å². The van der Waals surface area contributed by atoms with E-state index in [1.807, 2.05) is 45.3 Å². The number of aryl methyl sites for hydroxylation is 2. The molecule has 0 spiro atoms. The number of nitrogens with two attached hydrogens (primary N) is 1. The molecule has 0 amide bonds. The number of fused-ring (bicyclic) bond motifs is 1. The molecule has 2 N–H and O–H groups in total. The Kier molecular flexibility index (Phi) is 6.94. The summed E-state index contributed by atoms with van der Waals surface area (Å²) in [7, 11) is 3.71. The van der Waals surface area contributed by atoms with Gasteiger partial charge in [0, 0.05) is 25.5 Å². The predicted octanol–water partition coefficient (Wildman–Crippen LogP) is 3.95. The summed E-state index contributed by atoms with van der Waals surface area (Å²) in [5, 5.41) is 1.17. The molecular weight excluding hydrogens is 454 g/mol. The first-order valence-corrected chi connectivity index (χ1v) is 12.5. The van der Waals surface area contributed by atoms with Gasteiger partial charge in [0.1, 0.15) is 10.7 Å². The molecule has 0 aliphatic rings. The van der Waals surface area contributed by atoms with Gasteiger partial charge in [-0.1, -0.05) is 49.0 Å². The van der Waals surface area contributed by atoms with Crippen LogP contribution in [0.4, 0.5) is 11.9 Å². The van der Waals surface area contributed by atoms with Gasteiger partial charge in [-0.2, -0.15) is 15.0 Å². The third kappa shape index (κ3) is 5.17. The fraction of sp³-hybridized carbons (Fsp3) is 0.348. The molecule has 3 heterocycles. The number of thioether (sulfide) groups is 1. The monoisotopic (exact) mass is 481 g/mol. The molecule has 4 aromatic rings. The lowest BCUT2D eigenvalue weighted by Gasteiger charge is -2.17. The normalized spacial score (nSPS) is 12.2. The lowest BCUT2D eigenvalue weighted by atomic mass is 10.1. The molecule has 33 heavy (non-hydrogen) atoms. The molecule has 1 unspecified atom stereocenters. The van der Waals surface area contributed by atoms with Crippen LogP contribution in [0.5, 0.6) is 0 Å². The number of nitrogen functional groups attached to an aromatic ring is 1. The summed E-state index contributed by atoms with van der Waals surface area (Å²) >= 11 is 3.04. The minimum atomic E-state index is -0.174. The first kappa shape index (κ1) is 23.2. The Bertz CT molecular complexity index is 1320. The highest BCUT2D eigenvalue weighted by Gasteiger charge is 2.20. The maximum atomic E-state index is 13.5. The van der Waals surface area contributed by atoms with Crippen molar-refractivity contribution in [1.29, 1.82) is 0 Å². The highest BCUT2D eigenvalue weighted by Crippen LogP contribution is 2.34. The Morgan fingerprint density at radius 3 is 2.61 bits per heavy atom. The summed E-state index contributed by atoms with van der Waals surface area (Å²) in [6, 6.07) is 12.1. The summed E-state index contributed by atoms with van der Waals surface area (Å²) in [5.74, 6) is 1.23. The molecule has 0 fully saturated rings. The van der Waals surface area contributed by atoms with Gasteiger partial charge in [0.05, 0.1) is 10.6 Å². The average Bonchev–Trinajstić information content (AvgIpc) is 3.22. The second kappa shape index (κ2) is 9.88. The van der Waals surface area contributed by atoms with E-state index < -0.39 is 0 Å². The maximum Gasteiger partial charge on any atom is 0.262 e. The standard InChI is InChI=1S/C23H27N7OS2/c1-5-16-13-17-19(33-16)27-23(30(20(17)31)12-11-15-9-7-6-8-10-15)32-14(2)18-25-21(24)28-22(26-18)29(3)4/h6-10,13-14H,5,11-12H2,1-4H3,(H2,24,25,26,28). The minimum Gasteiger partial charge on any atom is -0.368 e. The van der Waals surface area contributed by atoms with Crippen LogP contribution in [0.25, 0.3) is 10.2 Å². The molecule has 0 saturated carbocycles. The average molecular weight is 482 g/mol. The second-order valence-corrected chi connectivity index (χ2v) is 10.3. The van der Waals surface area contributed by atoms with E-state index in [1.54, 1.807) is 20.8 Å². The molecule has 0 saturated heterocycles.